The van der Waals surface area contributed by atoms with Crippen molar-refractivity contribution < 1.29 is 27.8 Å². The largest absolute Gasteiger partial charge is 0.493 e. The van der Waals surface area contributed by atoms with Crippen molar-refractivity contribution in [3.05, 3.63) is 48.0 Å². The standard InChI is InChI=1S/C25H30F2N2O4S/c1-32-20-14-13-18(15-21(20)33-25(26)27)29-24(31)19-11-7-8-12-22(19)34-16-23(30)28-17-9-5-3-2-4-6-10-17/h7-8,11-15,17,25H,2-6,9-10,16H2,1H3,(H,28,30)(H,29,31). The number of methoxy groups -OCH3 is 1. The fraction of sp³-hybridized carbons (Fsp3) is 0.440. The molecule has 0 unspecified atom stereocenters. The molecule has 1 fully saturated rings. The fourth-order valence-electron chi connectivity index (χ4n) is 3.93. The predicted octanol–water partition coefficient (Wildman–Crippen LogP) is 5.87. The molecule has 0 atom stereocenters. The zero-order chi connectivity index (χ0) is 24.3. The van der Waals surface area contributed by atoms with E-state index in [9.17, 15) is 18.4 Å². The monoisotopic (exact) mass is 492 g/mol. The van der Waals surface area contributed by atoms with E-state index >= 15 is 0 Å². The molecule has 2 aromatic rings. The maximum Gasteiger partial charge on any atom is 0.387 e. The molecule has 0 saturated heterocycles. The first kappa shape index (κ1) is 25.8. The van der Waals surface area contributed by atoms with Crippen molar-refractivity contribution in [3.63, 3.8) is 0 Å². The first-order valence-electron chi connectivity index (χ1n) is 11.4. The van der Waals surface area contributed by atoms with E-state index in [0.717, 1.165) is 25.7 Å². The lowest BCUT2D eigenvalue weighted by Crippen LogP contribution is -2.36. The zero-order valence-electron chi connectivity index (χ0n) is 19.2. The first-order valence-corrected chi connectivity index (χ1v) is 12.4. The molecule has 0 radical (unpaired) electrons. The van der Waals surface area contributed by atoms with Crippen LogP contribution in [-0.4, -0.2) is 37.3 Å². The summed E-state index contributed by atoms with van der Waals surface area (Å²) in [6.07, 6.45) is 7.99. The van der Waals surface area contributed by atoms with Crippen LogP contribution in [0.25, 0.3) is 0 Å². The topological polar surface area (TPSA) is 76.7 Å². The van der Waals surface area contributed by atoms with Crippen LogP contribution in [0.1, 0.15) is 55.3 Å². The van der Waals surface area contributed by atoms with Gasteiger partial charge in [-0.3, -0.25) is 9.59 Å². The Labute approximate surface area is 202 Å². The Balaban J connectivity index is 1.62. The second kappa shape index (κ2) is 13.2. The number of halogens is 2. The normalized spacial score (nSPS) is 14.7. The van der Waals surface area contributed by atoms with Crippen LogP contribution in [0.15, 0.2) is 47.4 Å². The van der Waals surface area contributed by atoms with Crippen LogP contribution in [-0.2, 0) is 4.79 Å². The molecule has 0 aromatic heterocycles. The van der Waals surface area contributed by atoms with Gasteiger partial charge in [-0.15, -0.1) is 11.8 Å². The van der Waals surface area contributed by atoms with Crippen molar-refractivity contribution in [3.8, 4) is 11.5 Å². The molecule has 2 amide bonds. The summed E-state index contributed by atoms with van der Waals surface area (Å²) in [4.78, 5) is 26.1. The molecule has 3 rings (SSSR count). The number of hydrogen-bond donors (Lipinski definition) is 2. The van der Waals surface area contributed by atoms with E-state index in [2.05, 4.69) is 15.4 Å². The average Bonchev–Trinajstić information content (AvgIpc) is 2.79. The molecule has 9 heteroatoms. The maximum absolute atomic E-state index is 12.9. The van der Waals surface area contributed by atoms with Crippen molar-refractivity contribution in [2.24, 2.45) is 0 Å². The SMILES string of the molecule is COc1ccc(NC(=O)c2ccccc2SCC(=O)NC2CCCCCCC2)cc1OC(F)F. The van der Waals surface area contributed by atoms with Crippen molar-refractivity contribution >= 4 is 29.3 Å². The number of carbonyl (C=O) groups is 2. The third kappa shape index (κ3) is 7.90. The quantitative estimate of drug-likeness (QED) is 0.428. The fourth-order valence-corrected chi connectivity index (χ4v) is 4.80. The number of amides is 2. The lowest BCUT2D eigenvalue weighted by Gasteiger charge is -2.21. The second-order valence-electron chi connectivity index (χ2n) is 8.09. The third-order valence-corrected chi connectivity index (χ3v) is 6.67. The molecule has 1 aliphatic carbocycles. The van der Waals surface area contributed by atoms with Crippen LogP contribution >= 0.6 is 11.8 Å². The smallest absolute Gasteiger partial charge is 0.387 e. The van der Waals surface area contributed by atoms with Gasteiger partial charge in [-0.05, 0) is 37.1 Å². The summed E-state index contributed by atoms with van der Waals surface area (Å²) in [5.41, 5.74) is 0.668. The highest BCUT2D eigenvalue weighted by Crippen LogP contribution is 2.32. The van der Waals surface area contributed by atoms with E-state index in [1.54, 1.807) is 24.3 Å². The van der Waals surface area contributed by atoms with Gasteiger partial charge in [-0.2, -0.15) is 8.78 Å². The van der Waals surface area contributed by atoms with Crippen LogP contribution in [0.3, 0.4) is 0 Å². The van der Waals surface area contributed by atoms with Crippen molar-refractivity contribution in [1.82, 2.24) is 5.32 Å². The first-order chi connectivity index (χ1) is 16.5. The number of ether oxygens (including phenoxy) is 2. The number of thioether (sulfide) groups is 1. The van der Waals surface area contributed by atoms with Gasteiger partial charge in [-0.25, -0.2) is 0 Å². The number of benzene rings is 2. The predicted molar refractivity (Wildman–Crippen MR) is 129 cm³/mol. The number of carbonyl (C=O) groups excluding carboxylic acids is 2. The molecule has 6 nitrogen and oxygen atoms in total. The number of hydrogen-bond acceptors (Lipinski definition) is 5. The number of rotatable bonds is 9. The molecule has 2 N–H and O–H groups in total. The third-order valence-electron chi connectivity index (χ3n) is 5.60. The Morgan fingerprint density at radius 2 is 1.74 bits per heavy atom. The van der Waals surface area contributed by atoms with Gasteiger partial charge in [0.05, 0.1) is 18.4 Å². The molecule has 1 aliphatic rings. The van der Waals surface area contributed by atoms with Gasteiger partial charge in [0.15, 0.2) is 11.5 Å². The zero-order valence-corrected chi connectivity index (χ0v) is 20.0. The minimum Gasteiger partial charge on any atom is -0.493 e. The summed E-state index contributed by atoms with van der Waals surface area (Å²) < 4.78 is 34.9. The molecule has 0 spiro atoms. The van der Waals surface area contributed by atoms with Gasteiger partial charge in [0, 0.05) is 22.7 Å². The second-order valence-corrected chi connectivity index (χ2v) is 9.11. The Kier molecular flexibility index (Phi) is 10.00. The van der Waals surface area contributed by atoms with Crippen LogP contribution in [0.2, 0.25) is 0 Å². The van der Waals surface area contributed by atoms with Crippen molar-refractivity contribution in [1.29, 1.82) is 0 Å². The summed E-state index contributed by atoms with van der Waals surface area (Å²) in [6.45, 7) is -3.02. The number of nitrogens with one attached hydrogen (secondary N) is 2. The Hall–Kier alpha value is -2.81. The van der Waals surface area contributed by atoms with Crippen LogP contribution in [0, 0.1) is 0 Å². The minimum atomic E-state index is -3.02. The van der Waals surface area contributed by atoms with E-state index in [1.165, 1.54) is 56.3 Å². The Morgan fingerprint density at radius 3 is 2.44 bits per heavy atom. The lowest BCUT2D eigenvalue weighted by molar-refractivity contribution is -0.119. The molecule has 2 aromatic carbocycles. The summed E-state index contributed by atoms with van der Waals surface area (Å²) in [5.74, 6) is -0.310. The van der Waals surface area contributed by atoms with Gasteiger partial charge in [0.25, 0.3) is 5.91 Å². The molecule has 34 heavy (non-hydrogen) atoms. The van der Waals surface area contributed by atoms with Crippen LogP contribution in [0.5, 0.6) is 11.5 Å². The van der Waals surface area contributed by atoms with Gasteiger partial charge >= 0.3 is 6.61 Å². The Bertz CT molecular complexity index is 966. The molecule has 0 aliphatic heterocycles. The van der Waals surface area contributed by atoms with Gasteiger partial charge in [0.2, 0.25) is 5.91 Å². The van der Waals surface area contributed by atoms with E-state index in [0.29, 0.717) is 10.5 Å². The van der Waals surface area contributed by atoms with E-state index < -0.39 is 12.5 Å². The highest BCUT2D eigenvalue weighted by molar-refractivity contribution is 8.00. The van der Waals surface area contributed by atoms with Crippen LogP contribution in [0.4, 0.5) is 14.5 Å². The van der Waals surface area contributed by atoms with Crippen LogP contribution < -0.4 is 20.1 Å². The molecular formula is C25H30F2N2O4S. The molecule has 1 saturated carbocycles. The summed E-state index contributed by atoms with van der Waals surface area (Å²) in [6, 6.07) is 11.4. The Morgan fingerprint density at radius 1 is 1.03 bits per heavy atom. The van der Waals surface area contributed by atoms with Gasteiger partial charge < -0.3 is 20.1 Å². The summed E-state index contributed by atoms with van der Waals surface area (Å²) >= 11 is 1.29. The molecule has 184 valence electrons. The molecule has 0 heterocycles. The maximum atomic E-state index is 12.9. The minimum absolute atomic E-state index is 0.0465. The molecule has 0 bridgehead atoms. The lowest BCUT2D eigenvalue weighted by atomic mass is 9.97. The summed E-state index contributed by atoms with van der Waals surface area (Å²) in [7, 11) is 1.34. The number of anilines is 1. The van der Waals surface area contributed by atoms with Gasteiger partial charge in [0.1, 0.15) is 0 Å². The highest BCUT2D eigenvalue weighted by Gasteiger charge is 2.17. The average molecular weight is 493 g/mol. The van der Waals surface area contributed by atoms with Crippen molar-refractivity contribution in [2.75, 3.05) is 18.2 Å². The van der Waals surface area contributed by atoms with E-state index in [4.69, 9.17) is 4.74 Å². The molecular weight excluding hydrogens is 462 g/mol. The van der Waals surface area contributed by atoms with Gasteiger partial charge in [-0.1, -0.05) is 44.2 Å². The highest BCUT2D eigenvalue weighted by atomic mass is 32.2. The summed E-state index contributed by atoms with van der Waals surface area (Å²) in [5, 5.41) is 5.83. The van der Waals surface area contributed by atoms with E-state index in [1.807, 2.05) is 0 Å². The number of alkyl halides is 2. The van der Waals surface area contributed by atoms with E-state index in [-0.39, 0.29) is 34.9 Å². The van der Waals surface area contributed by atoms with Crippen molar-refractivity contribution in [2.45, 2.75) is 62.5 Å².